The molecule has 6 heteroatoms. The zero-order valence-electron chi connectivity index (χ0n) is 14.5. The molecular formula is C19H25NO5. The third-order valence-electron chi connectivity index (χ3n) is 4.16. The Balaban J connectivity index is 1.67. The van der Waals surface area contributed by atoms with Crippen LogP contribution in [0.5, 0.6) is 11.5 Å². The highest BCUT2D eigenvalue weighted by Crippen LogP contribution is 2.32. The predicted octanol–water partition coefficient (Wildman–Crippen LogP) is 2.62. The molecule has 0 amide bonds. The molecule has 1 aromatic carbocycles. The van der Waals surface area contributed by atoms with Crippen LogP contribution < -0.4 is 9.47 Å². The van der Waals surface area contributed by atoms with Gasteiger partial charge in [0.2, 0.25) is 0 Å². The Labute approximate surface area is 147 Å². The highest BCUT2D eigenvalue weighted by Gasteiger charge is 2.18. The number of hydrogen-bond donors (Lipinski definition) is 1. The molecule has 1 aliphatic heterocycles. The van der Waals surface area contributed by atoms with E-state index < -0.39 is 6.10 Å². The van der Waals surface area contributed by atoms with E-state index in [9.17, 15) is 5.11 Å². The van der Waals surface area contributed by atoms with Gasteiger partial charge in [-0.15, -0.1) is 0 Å². The van der Waals surface area contributed by atoms with Crippen LogP contribution in [0.2, 0.25) is 0 Å². The van der Waals surface area contributed by atoms with Crippen LogP contribution in [-0.2, 0) is 11.3 Å². The van der Waals surface area contributed by atoms with Gasteiger partial charge >= 0.3 is 0 Å². The number of fused-ring (bicyclic) bond motifs is 1. The van der Waals surface area contributed by atoms with Gasteiger partial charge in [0.05, 0.1) is 38.7 Å². The summed E-state index contributed by atoms with van der Waals surface area (Å²) >= 11 is 0. The van der Waals surface area contributed by atoms with Gasteiger partial charge in [0.25, 0.3) is 0 Å². The minimum atomic E-state index is -0.635. The van der Waals surface area contributed by atoms with Gasteiger partial charge < -0.3 is 23.7 Å². The monoisotopic (exact) mass is 347 g/mol. The summed E-state index contributed by atoms with van der Waals surface area (Å²) in [5.74, 6) is 2.30. The second kappa shape index (κ2) is 8.89. The normalized spacial score (nSPS) is 15.2. The van der Waals surface area contributed by atoms with E-state index in [0.717, 1.165) is 23.5 Å². The number of aliphatic hydroxyl groups is 1. The molecule has 0 saturated heterocycles. The number of ether oxygens (including phenoxy) is 3. The Kier molecular flexibility index (Phi) is 6.33. The first kappa shape index (κ1) is 17.8. The molecule has 0 saturated carbocycles. The second-order valence-electron chi connectivity index (χ2n) is 6.08. The fourth-order valence-corrected chi connectivity index (χ4v) is 2.82. The molecule has 0 spiro atoms. The van der Waals surface area contributed by atoms with Crippen molar-refractivity contribution in [3.05, 3.63) is 47.9 Å². The molecule has 25 heavy (non-hydrogen) atoms. The molecule has 1 atom stereocenters. The van der Waals surface area contributed by atoms with Crippen molar-refractivity contribution in [3.8, 4) is 11.5 Å². The summed E-state index contributed by atoms with van der Waals surface area (Å²) in [6.07, 6.45) is 1.88. The third-order valence-corrected chi connectivity index (χ3v) is 4.16. The summed E-state index contributed by atoms with van der Waals surface area (Å²) in [7, 11) is 1.67. The highest BCUT2D eigenvalue weighted by molar-refractivity contribution is 5.44. The number of benzene rings is 1. The van der Waals surface area contributed by atoms with E-state index in [1.54, 1.807) is 13.4 Å². The van der Waals surface area contributed by atoms with Crippen molar-refractivity contribution in [2.75, 3.05) is 40.0 Å². The summed E-state index contributed by atoms with van der Waals surface area (Å²) in [6.45, 7) is 3.68. The Hall–Kier alpha value is -2.02. The lowest BCUT2D eigenvalue weighted by Gasteiger charge is -2.24. The van der Waals surface area contributed by atoms with E-state index in [1.807, 2.05) is 30.3 Å². The second-order valence-corrected chi connectivity index (χ2v) is 6.08. The molecule has 6 nitrogen and oxygen atoms in total. The molecule has 0 unspecified atom stereocenters. The van der Waals surface area contributed by atoms with E-state index in [0.29, 0.717) is 45.2 Å². The first-order chi connectivity index (χ1) is 12.3. The van der Waals surface area contributed by atoms with Crippen molar-refractivity contribution in [2.24, 2.45) is 0 Å². The SMILES string of the molecule is COCCN(Cc1ccco1)C[C@@H](O)c1ccc2c(c1)OCCCO2. The number of rotatable bonds is 8. The molecule has 0 bridgehead atoms. The molecule has 2 heterocycles. The maximum atomic E-state index is 10.7. The lowest BCUT2D eigenvalue weighted by atomic mass is 10.1. The van der Waals surface area contributed by atoms with Crippen molar-refractivity contribution in [2.45, 2.75) is 19.1 Å². The lowest BCUT2D eigenvalue weighted by Crippen LogP contribution is -2.31. The predicted molar refractivity (Wildman–Crippen MR) is 92.9 cm³/mol. The number of methoxy groups -OCH3 is 1. The van der Waals surface area contributed by atoms with Crippen LogP contribution in [0.4, 0.5) is 0 Å². The van der Waals surface area contributed by atoms with Crippen molar-refractivity contribution in [1.82, 2.24) is 4.90 Å². The Morgan fingerprint density at radius 1 is 1.20 bits per heavy atom. The number of hydrogen-bond acceptors (Lipinski definition) is 6. The van der Waals surface area contributed by atoms with Crippen molar-refractivity contribution >= 4 is 0 Å². The van der Waals surface area contributed by atoms with Gasteiger partial charge in [-0.3, -0.25) is 4.90 Å². The van der Waals surface area contributed by atoms with Gasteiger partial charge in [-0.25, -0.2) is 0 Å². The summed E-state index contributed by atoms with van der Waals surface area (Å²) in [4.78, 5) is 2.11. The molecule has 1 N–H and O–H groups in total. The number of nitrogens with zero attached hydrogens (tertiary/aromatic N) is 1. The van der Waals surface area contributed by atoms with Crippen molar-refractivity contribution in [3.63, 3.8) is 0 Å². The van der Waals surface area contributed by atoms with E-state index in [2.05, 4.69) is 4.90 Å². The molecular weight excluding hydrogens is 322 g/mol. The zero-order valence-corrected chi connectivity index (χ0v) is 14.5. The minimum Gasteiger partial charge on any atom is -0.490 e. The fourth-order valence-electron chi connectivity index (χ4n) is 2.82. The van der Waals surface area contributed by atoms with Gasteiger partial charge in [0, 0.05) is 26.6 Å². The van der Waals surface area contributed by atoms with Crippen molar-refractivity contribution < 1.29 is 23.7 Å². The summed E-state index contributed by atoms with van der Waals surface area (Å²) in [6, 6.07) is 9.42. The van der Waals surface area contributed by atoms with E-state index in [4.69, 9.17) is 18.6 Å². The van der Waals surface area contributed by atoms with Crippen molar-refractivity contribution in [1.29, 1.82) is 0 Å². The molecule has 0 aliphatic carbocycles. The van der Waals surface area contributed by atoms with Crippen LogP contribution in [0.3, 0.4) is 0 Å². The Morgan fingerprint density at radius 3 is 2.80 bits per heavy atom. The largest absolute Gasteiger partial charge is 0.490 e. The average Bonchev–Trinajstić information content (AvgIpc) is 3.01. The highest BCUT2D eigenvalue weighted by atomic mass is 16.5. The van der Waals surface area contributed by atoms with Crippen LogP contribution in [0.15, 0.2) is 41.0 Å². The van der Waals surface area contributed by atoms with Gasteiger partial charge in [0.15, 0.2) is 11.5 Å². The maximum Gasteiger partial charge on any atom is 0.161 e. The molecule has 1 aliphatic rings. The average molecular weight is 347 g/mol. The van der Waals surface area contributed by atoms with E-state index in [-0.39, 0.29) is 0 Å². The van der Waals surface area contributed by atoms with Crippen LogP contribution in [-0.4, -0.2) is 50.0 Å². The summed E-state index contributed by atoms with van der Waals surface area (Å²) in [5, 5.41) is 10.7. The Bertz CT molecular complexity index is 643. The number of furan rings is 1. The van der Waals surface area contributed by atoms with Crippen LogP contribution in [0.25, 0.3) is 0 Å². The number of aliphatic hydroxyl groups excluding tert-OH is 1. The van der Waals surface area contributed by atoms with E-state index in [1.165, 1.54) is 0 Å². The smallest absolute Gasteiger partial charge is 0.161 e. The van der Waals surface area contributed by atoms with Crippen LogP contribution in [0.1, 0.15) is 23.8 Å². The standard InChI is InChI=1S/C19H25NO5/c1-22-11-7-20(13-16-4-2-8-23-16)14-17(21)15-5-6-18-19(12-15)25-10-3-9-24-18/h2,4-6,8,12,17,21H,3,7,9-11,13-14H2,1H3/t17-/m1/s1. The topological polar surface area (TPSA) is 64.3 Å². The van der Waals surface area contributed by atoms with Gasteiger partial charge in [-0.1, -0.05) is 6.07 Å². The van der Waals surface area contributed by atoms with Crippen LogP contribution in [0, 0.1) is 0 Å². The zero-order chi connectivity index (χ0) is 17.5. The third kappa shape index (κ3) is 4.98. The van der Waals surface area contributed by atoms with E-state index >= 15 is 0 Å². The lowest BCUT2D eigenvalue weighted by molar-refractivity contribution is 0.0810. The quantitative estimate of drug-likeness (QED) is 0.792. The molecule has 3 rings (SSSR count). The molecule has 136 valence electrons. The molecule has 0 radical (unpaired) electrons. The first-order valence-electron chi connectivity index (χ1n) is 8.57. The molecule has 0 fully saturated rings. The van der Waals surface area contributed by atoms with Crippen LogP contribution >= 0.6 is 0 Å². The molecule has 2 aromatic rings. The van der Waals surface area contributed by atoms with Gasteiger partial charge in [0.1, 0.15) is 5.76 Å². The summed E-state index contributed by atoms with van der Waals surface area (Å²) < 4.78 is 21.9. The summed E-state index contributed by atoms with van der Waals surface area (Å²) in [5.41, 5.74) is 0.811. The van der Waals surface area contributed by atoms with Gasteiger partial charge in [-0.05, 0) is 29.8 Å². The first-order valence-corrected chi connectivity index (χ1v) is 8.57. The fraction of sp³-hybridized carbons (Fsp3) is 0.474. The van der Waals surface area contributed by atoms with Gasteiger partial charge in [-0.2, -0.15) is 0 Å². The molecule has 1 aromatic heterocycles. The Morgan fingerprint density at radius 2 is 2.04 bits per heavy atom. The maximum absolute atomic E-state index is 10.7. The minimum absolute atomic E-state index is 0.476.